The van der Waals surface area contributed by atoms with Gasteiger partial charge >= 0.3 is 0 Å². The first-order chi connectivity index (χ1) is 24.2. The average molecular weight is 686 g/mol. The summed E-state index contributed by atoms with van der Waals surface area (Å²) in [6.45, 7) is 4.26. The Hall–Kier alpha value is -1.65. The third-order valence-corrected chi connectivity index (χ3v) is 9.51. The van der Waals surface area contributed by atoms with Crippen LogP contribution in [0.5, 0.6) is 0 Å². The van der Waals surface area contributed by atoms with Crippen molar-refractivity contribution < 1.29 is 15.0 Å². The van der Waals surface area contributed by atoms with E-state index >= 15 is 0 Å². The van der Waals surface area contributed by atoms with E-state index in [2.05, 4.69) is 55.6 Å². The zero-order valence-corrected chi connectivity index (χ0v) is 32.7. The van der Waals surface area contributed by atoms with Gasteiger partial charge in [-0.3, -0.25) is 4.79 Å². The molecule has 0 aromatic carbocycles. The van der Waals surface area contributed by atoms with E-state index in [9.17, 15) is 15.0 Å². The molecule has 1 amide bonds. The van der Waals surface area contributed by atoms with Gasteiger partial charge < -0.3 is 15.5 Å². The summed E-state index contributed by atoms with van der Waals surface area (Å²) in [7, 11) is 0. The summed E-state index contributed by atoms with van der Waals surface area (Å²) in [6, 6.07) is -0.649. The number of rotatable bonds is 38. The molecule has 0 rings (SSSR count). The molecule has 49 heavy (non-hydrogen) atoms. The standard InChI is InChI=1S/C45H83NO3/c1-3-5-7-9-11-13-15-17-18-19-20-21-22-23-24-25-26-27-28-29-30-32-34-36-38-40-44(48)43(42-47)46-45(49)41-39-37-35-33-31-16-14-12-10-8-6-4-2/h12,14,26-27,30,32,38,40,43-44,47-48H,3-11,13,15-25,28-29,31,33-37,39,41-42H2,1-2H3,(H,46,49)/b14-12-,27-26+,32-30+,40-38+. The Kier molecular flexibility index (Phi) is 39.4. The van der Waals surface area contributed by atoms with Gasteiger partial charge in [-0.1, -0.05) is 184 Å². The minimum Gasteiger partial charge on any atom is -0.394 e. The van der Waals surface area contributed by atoms with Crippen molar-refractivity contribution in [1.29, 1.82) is 0 Å². The molecule has 4 nitrogen and oxygen atoms in total. The molecule has 0 aliphatic rings. The fraction of sp³-hybridized carbons (Fsp3) is 0.800. The van der Waals surface area contributed by atoms with Crippen molar-refractivity contribution in [2.45, 2.75) is 225 Å². The SMILES string of the molecule is CCCCC/C=C\CCCCCCCC(=O)NC(CO)C(O)/C=C/CC/C=C/CC/C=C/CCCCCCCCCCCCCCCCC. The van der Waals surface area contributed by atoms with Gasteiger partial charge in [-0.05, 0) is 70.6 Å². The van der Waals surface area contributed by atoms with Crippen molar-refractivity contribution in [3.8, 4) is 0 Å². The monoisotopic (exact) mass is 686 g/mol. The van der Waals surface area contributed by atoms with Gasteiger partial charge in [0, 0.05) is 6.42 Å². The van der Waals surface area contributed by atoms with Crippen molar-refractivity contribution in [3.05, 3.63) is 48.6 Å². The fourth-order valence-corrected chi connectivity index (χ4v) is 6.20. The van der Waals surface area contributed by atoms with Gasteiger partial charge in [0.15, 0.2) is 0 Å². The van der Waals surface area contributed by atoms with Crippen LogP contribution in [0.4, 0.5) is 0 Å². The Bertz CT molecular complexity index is 786. The number of aliphatic hydroxyl groups excluding tert-OH is 2. The van der Waals surface area contributed by atoms with Crippen LogP contribution < -0.4 is 5.32 Å². The van der Waals surface area contributed by atoms with Gasteiger partial charge in [0.25, 0.3) is 0 Å². The third kappa shape index (κ3) is 37.4. The van der Waals surface area contributed by atoms with Crippen molar-refractivity contribution in [2.24, 2.45) is 0 Å². The van der Waals surface area contributed by atoms with Crippen LogP contribution in [0.3, 0.4) is 0 Å². The highest BCUT2D eigenvalue weighted by Gasteiger charge is 2.17. The molecule has 0 aromatic heterocycles. The number of carbonyl (C=O) groups excluding carboxylic acids is 1. The smallest absolute Gasteiger partial charge is 0.220 e. The van der Waals surface area contributed by atoms with Gasteiger partial charge in [0.1, 0.15) is 0 Å². The number of carbonyl (C=O) groups is 1. The summed E-state index contributed by atoms with van der Waals surface area (Å²) < 4.78 is 0. The second-order valence-corrected chi connectivity index (χ2v) is 14.4. The summed E-state index contributed by atoms with van der Waals surface area (Å²) in [5, 5.41) is 22.9. The third-order valence-electron chi connectivity index (χ3n) is 9.51. The fourth-order valence-electron chi connectivity index (χ4n) is 6.20. The van der Waals surface area contributed by atoms with Crippen molar-refractivity contribution in [2.75, 3.05) is 6.61 Å². The number of allylic oxidation sites excluding steroid dienone is 7. The van der Waals surface area contributed by atoms with Gasteiger partial charge in [0.05, 0.1) is 18.8 Å². The van der Waals surface area contributed by atoms with Gasteiger partial charge in [-0.15, -0.1) is 0 Å². The van der Waals surface area contributed by atoms with Crippen LogP contribution in [-0.4, -0.2) is 34.9 Å². The molecular formula is C45H83NO3. The summed E-state index contributed by atoms with van der Waals surface area (Å²) in [5.74, 6) is -0.0895. The molecule has 0 saturated heterocycles. The van der Waals surface area contributed by atoms with Gasteiger partial charge in [-0.25, -0.2) is 0 Å². The minimum atomic E-state index is -0.873. The molecule has 4 heteroatoms. The summed E-state index contributed by atoms with van der Waals surface area (Å²) in [6.07, 6.45) is 55.1. The summed E-state index contributed by atoms with van der Waals surface area (Å²) in [5.41, 5.74) is 0. The molecule has 2 unspecified atom stereocenters. The Labute approximate surface area is 305 Å². The molecule has 0 aliphatic carbocycles. The number of aliphatic hydroxyl groups is 2. The minimum absolute atomic E-state index is 0.0895. The molecule has 0 bridgehead atoms. The molecule has 0 heterocycles. The zero-order valence-electron chi connectivity index (χ0n) is 32.7. The molecule has 3 N–H and O–H groups in total. The first-order valence-electron chi connectivity index (χ1n) is 21.4. The van der Waals surface area contributed by atoms with Crippen LogP contribution in [0.1, 0.15) is 213 Å². The Morgan fingerprint density at radius 3 is 1.22 bits per heavy atom. The predicted octanol–water partition coefficient (Wildman–Crippen LogP) is 13.2. The molecule has 0 saturated carbocycles. The van der Waals surface area contributed by atoms with Crippen molar-refractivity contribution >= 4 is 5.91 Å². The van der Waals surface area contributed by atoms with Crippen molar-refractivity contribution in [1.82, 2.24) is 5.32 Å². The van der Waals surface area contributed by atoms with Crippen LogP contribution in [-0.2, 0) is 4.79 Å². The maximum Gasteiger partial charge on any atom is 0.220 e. The Balaban J connectivity index is 3.63. The van der Waals surface area contributed by atoms with E-state index in [1.165, 1.54) is 141 Å². The average Bonchev–Trinajstić information content (AvgIpc) is 3.10. The van der Waals surface area contributed by atoms with E-state index in [1.807, 2.05) is 6.08 Å². The number of amides is 1. The van der Waals surface area contributed by atoms with Crippen LogP contribution in [0, 0.1) is 0 Å². The molecule has 0 aromatic rings. The molecule has 286 valence electrons. The first-order valence-corrected chi connectivity index (χ1v) is 21.4. The van der Waals surface area contributed by atoms with Crippen LogP contribution in [0.15, 0.2) is 48.6 Å². The zero-order chi connectivity index (χ0) is 35.7. The highest BCUT2D eigenvalue weighted by molar-refractivity contribution is 5.76. The van der Waals surface area contributed by atoms with E-state index in [1.54, 1.807) is 6.08 Å². The van der Waals surface area contributed by atoms with E-state index in [-0.39, 0.29) is 12.5 Å². The molecule has 0 spiro atoms. The van der Waals surface area contributed by atoms with E-state index in [0.717, 1.165) is 51.4 Å². The predicted molar refractivity (Wildman–Crippen MR) is 216 cm³/mol. The maximum atomic E-state index is 12.3. The lowest BCUT2D eigenvalue weighted by molar-refractivity contribution is -0.123. The van der Waals surface area contributed by atoms with Crippen LogP contribution in [0.25, 0.3) is 0 Å². The van der Waals surface area contributed by atoms with E-state index in [0.29, 0.717) is 6.42 Å². The number of unbranched alkanes of at least 4 members (excludes halogenated alkanes) is 25. The second-order valence-electron chi connectivity index (χ2n) is 14.4. The Morgan fingerprint density at radius 1 is 0.469 bits per heavy atom. The quantitative estimate of drug-likeness (QED) is 0.0447. The normalized spacial score (nSPS) is 13.5. The van der Waals surface area contributed by atoms with Crippen molar-refractivity contribution in [3.63, 3.8) is 0 Å². The van der Waals surface area contributed by atoms with E-state index in [4.69, 9.17) is 0 Å². The van der Waals surface area contributed by atoms with Crippen LogP contribution >= 0.6 is 0 Å². The lowest BCUT2D eigenvalue weighted by Gasteiger charge is -2.19. The Morgan fingerprint density at radius 2 is 0.796 bits per heavy atom. The summed E-state index contributed by atoms with van der Waals surface area (Å²) in [4.78, 5) is 12.3. The number of hydrogen-bond donors (Lipinski definition) is 3. The lowest BCUT2D eigenvalue weighted by atomic mass is 10.0. The maximum absolute atomic E-state index is 12.3. The van der Waals surface area contributed by atoms with Gasteiger partial charge in [0.2, 0.25) is 5.91 Å². The van der Waals surface area contributed by atoms with Crippen LogP contribution in [0.2, 0.25) is 0 Å². The second kappa shape index (κ2) is 40.8. The number of nitrogens with one attached hydrogen (secondary N) is 1. The summed E-state index contributed by atoms with van der Waals surface area (Å²) >= 11 is 0. The molecular weight excluding hydrogens is 602 g/mol. The molecule has 2 atom stereocenters. The number of hydrogen-bond acceptors (Lipinski definition) is 3. The highest BCUT2D eigenvalue weighted by Crippen LogP contribution is 2.14. The first kappa shape index (κ1) is 47.4. The van der Waals surface area contributed by atoms with Gasteiger partial charge in [-0.2, -0.15) is 0 Å². The largest absolute Gasteiger partial charge is 0.394 e. The van der Waals surface area contributed by atoms with E-state index < -0.39 is 12.1 Å². The topological polar surface area (TPSA) is 69.6 Å². The molecule has 0 radical (unpaired) electrons. The molecule has 0 fully saturated rings. The highest BCUT2D eigenvalue weighted by atomic mass is 16.3. The lowest BCUT2D eigenvalue weighted by Crippen LogP contribution is -2.45. The molecule has 0 aliphatic heterocycles.